The van der Waals surface area contributed by atoms with Crippen LogP contribution in [0.5, 0.6) is 0 Å². The monoisotopic (exact) mass is 458 g/mol. The highest BCUT2D eigenvalue weighted by Crippen LogP contribution is 2.47. The predicted molar refractivity (Wildman–Crippen MR) is 122 cm³/mol. The van der Waals surface area contributed by atoms with Crippen LogP contribution in [0.3, 0.4) is 0 Å². The third-order valence-electron chi connectivity index (χ3n) is 6.24. The van der Waals surface area contributed by atoms with Gasteiger partial charge >= 0.3 is 6.09 Å². The fraction of sp³-hybridized carbons (Fsp3) is 0.500. The summed E-state index contributed by atoms with van der Waals surface area (Å²) in [5, 5.41) is 8.41. The summed E-state index contributed by atoms with van der Waals surface area (Å²) in [4.78, 5) is 26.4. The van der Waals surface area contributed by atoms with Gasteiger partial charge < -0.3 is 10.5 Å². The van der Waals surface area contributed by atoms with Crippen LogP contribution in [0, 0.1) is 0 Å². The molecular formula is C22H27ClN6O3. The zero-order valence-corrected chi connectivity index (χ0v) is 19.0. The van der Waals surface area contributed by atoms with Crippen molar-refractivity contribution in [3.05, 3.63) is 67.8 Å². The quantitative estimate of drug-likeness (QED) is 0.330. The third-order valence-corrected chi connectivity index (χ3v) is 6.47. The molecule has 1 fully saturated rings. The van der Waals surface area contributed by atoms with Crippen molar-refractivity contribution < 1.29 is 9.53 Å². The van der Waals surface area contributed by atoms with E-state index in [1.54, 1.807) is 0 Å². The van der Waals surface area contributed by atoms with Crippen molar-refractivity contribution in [3.63, 3.8) is 0 Å². The molecule has 32 heavy (non-hydrogen) atoms. The van der Waals surface area contributed by atoms with Crippen molar-refractivity contribution in [2.75, 3.05) is 0 Å². The second-order valence-electron chi connectivity index (χ2n) is 8.87. The van der Waals surface area contributed by atoms with E-state index >= 15 is 0 Å². The molecule has 0 saturated heterocycles. The van der Waals surface area contributed by atoms with Crippen molar-refractivity contribution >= 4 is 23.5 Å². The smallest absolute Gasteiger partial charge is 0.405 e. The molecule has 2 aromatic rings. The van der Waals surface area contributed by atoms with Crippen LogP contribution in [0.1, 0.15) is 64.0 Å². The van der Waals surface area contributed by atoms with Gasteiger partial charge in [0.25, 0.3) is 5.56 Å². The Morgan fingerprint density at radius 2 is 2.09 bits per heavy atom. The zero-order valence-electron chi connectivity index (χ0n) is 18.2. The van der Waals surface area contributed by atoms with Crippen LogP contribution in [0.25, 0.3) is 10.4 Å². The Bertz CT molecular complexity index is 1090. The van der Waals surface area contributed by atoms with Crippen molar-refractivity contribution in [2.24, 2.45) is 10.8 Å². The van der Waals surface area contributed by atoms with Crippen LogP contribution in [0.4, 0.5) is 10.6 Å². The SMILES string of the molecule is CC(C)(CCC1(c2cccc(Cl)c2)CCC(n2nc(N=[N+]=[N-])ccc2=O)CC1)OC(N)=O. The van der Waals surface area contributed by atoms with E-state index in [1.807, 2.05) is 32.0 Å². The average molecular weight is 459 g/mol. The molecule has 1 aromatic carbocycles. The minimum atomic E-state index is -0.791. The number of ether oxygens (including phenoxy) is 1. The molecule has 2 N–H and O–H groups in total. The lowest BCUT2D eigenvalue weighted by molar-refractivity contribution is 0.0290. The maximum Gasteiger partial charge on any atom is 0.405 e. The Morgan fingerprint density at radius 3 is 2.72 bits per heavy atom. The molecule has 1 aliphatic rings. The number of benzene rings is 1. The molecule has 0 atom stereocenters. The van der Waals surface area contributed by atoms with Gasteiger partial charge in [0.2, 0.25) is 0 Å². The Balaban J connectivity index is 1.86. The highest BCUT2D eigenvalue weighted by Gasteiger charge is 2.39. The second-order valence-corrected chi connectivity index (χ2v) is 9.30. The van der Waals surface area contributed by atoms with Gasteiger partial charge in [0.1, 0.15) is 11.4 Å². The Labute approximate surface area is 191 Å². The molecule has 1 aliphatic carbocycles. The molecule has 170 valence electrons. The maximum atomic E-state index is 12.4. The Hall–Kier alpha value is -3.03. The van der Waals surface area contributed by atoms with Gasteiger partial charge in [-0.15, -0.1) is 0 Å². The van der Waals surface area contributed by atoms with E-state index in [-0.39, 0.29) is 22.8 Å². The molecule has 10 heteroatoms. The third kappa shape index (κ3) is 5.60. The molecule has 9 nitrogen and oxygen atoms in total. The van der Waals surface area contributed by atoms with Crippen LogP contribution in [0.15, 0.2) is 46.3 Å². The number of carbonyl (C=O) groups excluding carboxylic acids is 1. The van der Waals surface area contributed by atoms with Crippen molar-refractivity contribution in [3.8, 4) is 0 Å². The fourth-order valence-electron chi connectivity index (χ4n) is 4.54. The molecule has 0 spiro atoms. The molecule has 3 rings (SSSR count). The van der Waals surface area contributed by atoms with Crippen molar-refractivity contribution in [1.82, 2.24) is 9.78 Å². The largest absolute Gasteiger partial charge is 0.444 e. The number of rotatable bonds is 7. The highest BCUT2D eigenvalue weighted by molar-refractivity contribution is 6.30. The fourth-order valence-corrected chi connectivity index (χ4v) is 4.73. The molecule has 1 heterocycles. The number of amides is 1. The van der Waals surface area contributed by atoms with Gasteiger partial charge in [0.05, 0.1) is 6.04 Å². The summed E-state index contributed by atoms with van der Waals surface area (Å²) in [5.41, 5.74) is 13.9. The van der Waals surface area contributed by atoms with Gasteiger partial charge in [-0.1, -0.05) is 23.7 Å². The molecule has 0 unspecified atom stereocenters. The molecule has 0 radical (unpaired) electrons. The Kier molecular flexibility index (Phi) is 7.11. The first-order valence-corrected chi connectivity index (χ1v) is 10.9. The number of hydrogen-bond donors (Lipinski definition) is 1. The minimum Gasteiger partial charge on any atom is -0.444 e. The first kappa shape index (κ1) is 23.6. The summed E-state index contributed by atoms with van der Waals surface area (Å²) in [5.74, 6) is 0.170. The lowest BCUT2D eigenvalue weighted by atomic mass is 9.65. The summed E-state index contributed by atoms with van der Waals surface area (Å²) in [6.07, 6.45) is 3.63. The number of halogens is 1. The normalized spacial score (nSPS) is 20.9. The van der Waals surface area contributed by atoms with E-state index in [0.717, 1.165) is 37.7 Å². The number of azide groups is 1. The van der Waals surface area contributed by atoms with Crippen molar-refractivity contribution in [2.45, 2.75) is 69.4 Å². The summed E-state index contributed by atoms with van der Waals surface area (Å²) >= 11 is 6.30. The number of hydrogen-bond acceptors (Lipinski definition) is 5. The first-order chi connectivity index (χ1) is 15.1. The lowest BCUT2D eigenvalue weighted by Gasteiger charge is -2.42. The molecule has 0 bridgehead atoms. The van der Waals surface area contributed by atoms with Gasteiger partial charge in [-0.3, -0.25) is 4.79 Å². The predicted octanol–water partition coefficient (Wildman–Crippen LogP) is 5.55. The minimum absolute atomic E-state index is 0.0986. The molecule has 1 amide bonds. The van der Waals surface area contributed by atoms with E-state index < -0.39 is 11.7 Å². The van der Waals surface area contributed by atoms with Gasteiger partial charge in [-0.25, -0.2) is 9.48 Å². The average Bonchev–Trinajstić information content (AvgIpc) is 2.73. The number of aromatic nitrogens is 2. The molecule has 0 aliphatic heterocycles. The van der Waals surface area contributed by atoms with Crippen LogP contribution in [-0.4, -0.2) is 21.5 Å². The Morgan fingerprint density at radius 1 is 1.38 bits per heavy atom. The lowest BCUT2D eigenvalue weighted by Crippen LogP contribution is -2.39. The summed E-state index contributed by atoms with van der Waals surface area (Å²) in [7, 11) is 0. The van der Waals surface area contributed by atoms with Gasteiger partial charge in [-0.05, 0) is 92.2 Å². The first-order valence-electron chi connectivity index (χ1n) is 10.5. The van der Waals surface area contributed by atoms with Gasteiger partial charge in [0.15, 0.2) is 0 Å². The summed E-state index contributed by atoms with van der Waals surface area (Å²) in [6.45, 7) is 3.69. The number of primary amides is 1. The number of nitrogens with two attached hydrogens (primary N) is 1. The van der Waals surface area contributed by atoms with E-state index in [1.165, 1.54) is 16.8 Å². The van der Waals surface area contributed by atoms with Gasteiger partial charge in [-0.2, -0.15) is 5.10 Å². The van der Waals surface area contributed by atoms with Crippen LogP contribution < -0.4 is 11.3 Å². The topological polar surface area (TPSA) is 136 Å². The van der Waals surface area contributed by atoms with E-state index in [9.17, 15) is 9.59 Å². The van der Waals surface area contributed by atoms with E-state index in [4.69, 9.17) is 27.6 Å². The van der Waals surface area contributed by atoms with E-state index in [2.05, 4.69) is 21.2 Å². The number of nitrogens with zero attached hydrogens (tertiary/aromatic N) is 5. The second kappa shape index (κ2) is 9.63. The zero-order chi connectivity index (χ0) is 23.4. The highest BCUT2D eigenvalue weighted by atomic mass is 35.5. The molecular weight excluding hydrogens is 432 g/mol. The van der Waals surface area contributed by atoms with Crippen LogP contribution in [-0.2, 0) is 10.2 Å². The van der Waals surface area contributed by atoms with Crippen molar-refractivity contribution in [1.29, 1.82) is 0 Å². The molecule has 1 saturated carbocycles. The summed E-state index contributed by atoms with van der Waals surface area (Å²) in [6, 6.07) is 10.5. The maximum absolute atomic E-state index is 12.4. The standard InChI is InChI=1S/C22H27ClN6O3/c1-21(2,32-20(24)31)12-13-22(15-4-3-5-16(23)14-15)10-8-17(9-11-22)29-19(30)7-6-18(27-29)26-28-25/h3-7,14,17H,8-13H2,1-2H3,(H2,24,31). The van der Waals surface area contributed by atoms with Crippen LogP contribution >= 0.6 is 11.6 Å². The number of carbonyl (C=O) groups is 1. The van der Waals surface area contributed by atoms with Crippen LogP contribution in [0.2, 0.25) is 5.02 Å². The van der Waals surface area contributed by atoms with E-state index in [0.29, 0.717) is 11.4 Å². The molecule has 1 aromatic heterocycles. The summed E-state index contributed by atoms with van der Waals surface area (Å²) < 4.78 is 6.72. The van der Waals surface area contributed by atoms with Gasteiger partial charge in [0, 0.05) is 16.0 Å².